The van der Waals surface area contributed by atoms with Gasteiger partial charge in [0.25, 0.3) is 0 Å². The molecule has 1 N–H and O–H groups in total. The third-order valence-electron chi connectivity index (χ3n) is 3.25. The Kier molecular flexibility index (Phi) is 4.33. The topological polar surface area (TPSA) is 37.3 Å². The molecule has 1 unspecified atom stereocenters. The van der Waals surface area contributed by atoms with Crippen LogP contribution in [0.5, 0.6) is 5.75 Å². The maximum absolute atomic E-state index is 12.1. The highest BCUT2D eigenvalue weighted by molar-refractivity contribution is 5.86. The normalized spacial score (nSPS) is 12.8. The molecule has 17 heavy (non-hydrogen) atoms. The van der Waals surface area contributed by atoms with E-state index in [1.54, 1.807) is 12.1 Å². The second kappa shape index (κ2) is 5.35. The summed E-state index contributed by atoms with van der Waals surface area (Å²) in [6.45, 7) is 9.97. The van der Waals surface area contributed by atoms with Gasteiger partial charge in [-0.1, -0.05) is 20.8 Å². The minimum Gasteiger partial charge on any atom is -0.508 e. The summed E-state index contributed by atoms with van der Waals surface area (Å²) in [5.41, 5.74) is 3.09. The maximum Gasteiger partial charge on any atom is 0.140 e. The molecule has 0 bridgehead atoms. The summed E-state index contributed by atoms with van der Waals surface area (Å²) < 4.78 is 0. The van der Waals surface area contributed by atoms with Gasteiger partial charge in [-0.2, -0.15) is 0 Å². The summed E-state index contributed by atoms with van der Waals surface area (Å²) in [5.74, 6) is 0.775. The predicted octanol–water partition coefficient (Wildman–Crippen LogP) is 3.73. The van der Waals surface area contributed by atoms with Crippen LogP contribution in [0.15, 0.2) is 12.1 Å². The van der Waals surface area contributed by atoms with E-state index in [-0.39, 0.29) is 23.4 Å². The van der Waals surface area contributed by atoms with Crippen LogP contribution in [0.3, 0.4) is 0 Å². The summed E-state index contributed by atoms with van der Waals surface area (Å²) in [5, 5.41) is 9.55. The van der Waals surface area contributed by atoms with Gasteiger partial charge in [-0.05, 0) is 48.6 Å². The van der Waals surface area contributed by atoms with E-state index in [0.717, 1.165) is 16.7 Å². The van der Waals surface area contributed by atoms with E-state index < -0.39 is 0 Å². The fourth-order valence-electron chi connectivity index (χ4n) is 2.53. The van der Waals surface area contributed by atoms with Crippen LogP contribution in [-0.2, 0) is 4.79 Å². The summed E-state index contributed by atoms with van der Waals surface area (Å²) in [6, 6.07) is 3.47. The average Bonchev–Trinajstić information content (AvgIpc) is 2.21. The van der Waals surface area contributed by atoms with Crippen LogP contribution in [0.1, 0.15) is 49.8 Å². The van der Waals surface area contributed by atoms with Crippen molar-refractivity contribution in [2.45, 2.75) is 47.0 Å². The van der Waals surface area contributed by atoms with Gasteiger partial charge in [0, 0.05) is 12.3 Å². The standard InChI is InChI=1S/C15H22O2/c1-6-13(17)14(9(2)3)15-10(4)7-12(16)8-11(15)5/h7-9,14,16H,6H2,1-5H3. The highest BCUT2D eigenvalue weighted by atomic mass is 16.3. The van der Waals surface area contributed by atoms with Gasteiger partial charge in [0.05, 0.1) is 0 Å². The van der Waals surface area contributed by atoms with Crippen LogP contribution in [-0.4, -0.2) is 10.9 Å². The van der Waals surface area contributed by atoms with Gasteiger partial charge in [0.1, 0.15) is 11.5 Å². The Labute approximate surface area is 104 Å². The van der Waals surface area contributed by atoms with E-state index >= 15 is 0 Å². The molecule has 1 aromatic rings. The van der Waals surface area contributed by atoms with Gasteiger partial charge in [0.2, 0.25) is 0 Å². The minimum atomic E-state index is -0.0550. The zero-order chi connectivity index (χ0) is 13.2. The van der Waals surface area contributed by atoms with Gasteiger partial charge in [-0.25, -0.2) is 0 Å². The number of carbonyl (C=O) groups excluding carboxylic acids is 1. The number of phenolic OH excluding ortho intramolecular Hbond substituents is 1. The number of hydrogen-bond donors (Lipinski definition) is 1. The third kappa shape index (κ3) is 2.87. The lowest BCUT2D eigenvalue weighted by Crippen LogP contribution is -2.19. The van der Waals surface area contributed by atoms with Gasteiger partial charge in [0.15, 0.2) is 0 Å². The first-order chi connectivity index (χ1) is 7.88. The Morgan fingerprint density at radius 3 is 2.06 bits per heavy atom. The molecule has 2 heteroatoms. The number of aryl methyl sites for hydroxylation is 2. The first-order valence-corrected chi connectivity index (χ1v) is 6.21. The van der Waals surface area contributed by atoms with Crippen molar-refractivity contribution in [1.29, 1.82) is 0 Å². The second-order valence-corrected chi connectivity index (χ2v) is 5.03. The molecular weight excluding hydrogens is 212 g/mol. The van der Waals surface area contributed by atoms with E-state index in [0.29, 0.717) is 6.42 Å². The van der Waals surface area contributed by atoms with Crippen molar-refractivity contribution in [3.8, 4) is 5.75 Å². The van der Waals surface area contributed by atoms with E-state index in [4.69, 9.17) is 0 Å². The summed E-state index contributed by atoms with van der Waals surface area (Å²) in [7, 11) is 0. The molecule has 0 aliphatic heterocycles. The Bertz CT molecular complexity index is 396. The van der Waals surface area contributed by atoms with Crippen LogP contribution in [0.25, 0.3) is 0 Å². The molecule has 0 saturated carbocycles. The lowest BCUT2D eigenvalue weighted by molar-refractivity contribution is -0.121. The molecule has 1 aromatic carbocycles. The van der Waals surface area contributed by atoms with E-state index in [1.807, 2.05) is 20.8 Å². The smallest absolute Gasteiger partial charge is 0.140 e. The van der Waals surface area contributed by atoms with Gasteiger partial charge >= 0.3 is 0 Å². The zero-order valence-electron chi connectivity index (χ0n) is 11.4. The monoisotopic (exact) mass is 234 g/mol. The molecule has 1 rings (SSSR count). The molecule has 0 aliphatic rings. The molecule has 0 aromatic heterocycles. The Morgan fingerprint density at radius 1 is 1.24 bits per heavy atom. The van der Waals surface area contributed by atoms with Crippen molar-refractivity contribution in [1.82, 2.24) is 0 Å². The van der Waals surface area contributed by atoms with Crippen LogP contribution < -0.4 is 0 Å². The largest absolute Gasteiger partial charge is 0.508 e. The zero-order valence-corrected chi connectivity index (χ0v) is 11.4. The van der Waals surface area contributed by atoms with Crippen molar-refractivity contribution >= 4 is 5.78 Å². The molecule has 0 aliphatic carbocycles. The Balaban J connectivity index is 3.33. The molecule has 94 valence electrons. The molecule has 0 spiro atoms. The number of aromatic hydroxyl groups is 1. The number of Topliss-reactive ketones (excluding diaryl/α,β-unsaturated/α-hetero) is 1. The van der Waals surface area contributed by atoms with Gasteiger partial charge in [-0.3, -0.25) is 4.79 Å². The fourth-order valence-corrected chi connectivity index (χ4v) is 2.53. The first kappa shape index (κ1) is 13.8. The predicted molar refractivity (Wildman–Crippen MR) is 70.5 cm³/mol. The molecule has 2 nitrogen and oxygen atoms in total. The van der Waals surface area contributed by atoms with Crippen LogP contribution in [0, 0.1) is 19.8 Å². The van der Waals surface area contributed by atoms with Crippen LogP contribution in [0.2, 0.25) is 0 Å². The molecule has 0 saturated heterocycles. The minimum absolute atomic E-state index is 0.0550. The molecule has 0 fully saturated rings. The van der Waals surface area contributed by atoms with Crippen molar-refractivity contribution < 1.29 is 9.90 Å². The lowest BCUT2D eigenvalue weighted by Gasteiger charge is -2.23. The van der Waals surface area contributed by atoms with E-state index in [9.17, 15) is 9.90 Å². The second-order valence-electron chi connectivity index (χ2n) is 5.03. The quantitative estimate of drug-likeness (QED) is 0.862. The van der Waals surface area contributed by atoms with E-state index in [1.165, 1.54) is 0 Å². The molecule has 0 radical (unpaired) electrons. The number of rotatable bonds is 4. The summed E-state index contributed by atoms with van der Waals surface area (Å²) >= 11 is 0. The van der Waals surface area contributed by atoms with E-state index in [2.05, 4.69) is 13.8 Å². The fraction of sp³-hybridized carbons (Fsp3) is 0.533. The number of phenols is 1. The number of ketones is 1. The molecule has 0 amide bonds. The maximum atomic E-state index is 12.1. The van der Waals surface area contributed by atoms with Crippen molar-refractivity contribution in [2.75, 3.05) is 0 Å². The van der Waals surface area contributed by atoms with Crippen LogP contribution >= 0.6 is 0 Å². The number of hydrogen-bond acceptors (Lipinski definition) is 2. The number of benzene rings is 1. The van der Waals surface area contributed by atoms with Crippen molar-refractivity contribution in [3.63, 3.8) is 0 Å². The summed E-state index contributed by atoms with van der Waals surface area (Å²) in [6.07, 6.45) is 0.558. The Morgan fingerprint density at radius 2 is 1.71 bits per heavy atom. The van der Waals surface area contributed by atoms with Gasteiger partial charge in [-0.15, -0.1) is 0 Å². The van der Waals surface area contributed by atoms with Crippen molar-refractivity contribution in [2.24, 2.45) is 5.92 Å². The lowest BCUT2D eigenvalue weighted by atomic mass is 9.80. The highest BCUT2D eigenvalue weighted by Crippen LogP contribution is 2.33. The summed E-state index contributed by atoms with van der Waals surface area (Å²) in [4.78, 5) is 12.1. The first-order valence-electron chi connectivity index (χ1n) is 6.21. The Hall–Kier alpha value is -1.31. The molecule has 0 heterocycles. The molecule has 1 atom stereocenters. The SMILES string of the molecule is CCC(=O)C(c1c(C)cc(O)cc1C)C(C)C. The van der Waals surface area contributed by atoms with Crippen molar-refractivity contribution in [3.05, 3.63) is 28.8 Å². The van der Waals surface area contributed by atoms with Gasteiger partial charge < -0.3 is 5.11 Å². The average molecular weight is 234 g/mol. The highest BCUT2D eigenvalue weighted by Gasteiger charge is 2.25. The number of carbonyl (C=O) groups is 1. The van der Waals surface area contributed by atoms with Crippen LogP contribution in [0.4, 0.5) is 0 Å². The molecular formula is C15H22O2. The third-order valence-corrected chi connectivity index (χ3v) is 3.25.